The summed E-state index contributed by atoms with van der Waals surface area (Å²) in [6, 6.07) is 4.92. The van der Waals surface area contributed by atoms with Gasteiger partial charge in [0.05, 0.1) is 4.90 Å². The van der Waals surface area contributed by atoms with E-state index in [1.54, 1.807) is 12.1 Å². The second-order valence-corrected chi connectivity index (χ2v) is 8.06. The van der Waals surface area contributed by atoms with Gasteiger partial charge in [-0.1, -0.05) is 19.9 Å². The summed E-state index contributed by atoms with van der Waals surface area (Å²) in [5.74, 6) is -0.0990. The molecule has 1 aliphatic heterocycles. The summed E-state index contributed by atoms with van der Waals surface area (Å²) in [6.07, 6.45) is 0. The van der Waals surface area contributed by atoms with Crippen molar-refractivity contribution >= 4 is 15.9 Å². The molecule has 6 nitrogen and oxygen atoms in total. The van der Waals surface area contributed by atoms with Crippen LogP contribution in [-0.2, 0) is 10.0 Å². The molecule has 1 aromatic carbocycles. The van der Waals surface area contributed by atoms with Crippen LogP contribution in [0.5, 0.6) is 0 Å². The SMILES string of the molecule is CCN(CC)S(=O)(=O)c1ccc(C)c(C(=O)N2CCNC[C@H]2C)c1. The van der Waals surface area contributed by atoms with Gasteiger partial charge in [0.15, 0.2) is 0 Å². The predicted octanol–water partition coefficient (Wildman–Crippen LogP) is 1.46. The monoisotopic (exact) mass is 353 g/mol. The quantitative estimate of drug-likeness (QED) is 0.870. The first-order valence-corrected chi connectivity index (χ1v) is 9.89. The number of nitrogens with one attached hydrogen (secondary N) is 1. The maximum atomic E-state index is 12.9. The Morgan fingerprint density at radius 1 is 1.33 bits per heavy atom. The van der Waals surface area contributed by atoms with E-state index in [0.29, 0.717) is 25.2 Å². The Labute approximate surface area is 144 Å². The molecule has 0 bridgehead atoms. The zero-order valence-corrected chi connectivity index (χ0v) is 15.7. The lowest BCUT2D eigenvalue weighted by molar-refractivity contribution is 0.0654. The van der Waals surface area contributed by atoms with Crippen LogP contribution >= 0.6 is 0 Å². The van der Waals surface area contributed by atoms with E-state index >= 15 is 0 Å². The van der Waals surface area contributed by atoms with Gasteiger partial charge in [0.1, 0.15) is 0 Å². The molecule has 1 atom stereocenters. The van der Waals surface area contributed by atoms with Crippen molar-refractivity contribution in [2.75, 3.05) is 32.7 Å². The van der Waals surface area contributed by atoms with E-state index in [9.17, 15) is 13.2 Å². The summed E-state index contributed by atoms with van der Waals surface area (Å²) < 4.78 is 26.8. The van der Waals surface area contributed by atoms with Crippen LogP contribution in [0.4, 0.5) is 0 Å². The zero-order chi connectivity index (χ0) is 17.9. The summed E-state index contributed by atoms with van der Waals surface area (Å²) in [7, 11) is -3.57. The van der Waals surface area contributed by atoms with Crippen molar-refractivity contribution in [3.05, 3.63) is 29.3 Å². The molecule has 0 radical (unpaired) electrons. The number of nitrogens with zero attached hydrogens (tertiary/aromatic N) is 2. The topological polar surface area (TPSA) is 69.7 Å². The number of hydrogen-bond acceptors (Lipinski definition) is 4. The molecule has 1 saturated heterocycles. The van der Waals surface area contributed by atoms with Crippen LogP contribution in [0.25, 0.3) is 0 Å². The molecule has 1 aromatic rings. The first kappa shape index (κ1) is 18.9. The van der Waals surface area contributed by atoms with Gasteiger partial charge >= 0.3 is 0 Å². The normalized spacial score (nSPS) is 18.9. The van der Waals surface area contributed by atoms with Crippen molar-refractivity contribution in [2.45, 2.75) is 38.6 Å². The highest BCUT2D eigenvalue weighted by Gasteiger charge is 2.28. The highest BCUT2D eigenvalue weighted by atomic mass is 32.2. The van der Waals surface area contributed by atoms with Gasteiger partial charge in [-0.15, -0.1) is 0 Å². The average Bonchev–Trinajstić information content (AvgIpc) is 2.55. The fraction of sp³-hybridized carbons (Fsp3) is 0.588. The van der Waals surface area contributed by atoms with E-state index in [1.807, 2.05) is 32.6 Å². The second-order valence-electron chi connectivity index (χ2n) is 6.12. The van der Waals surface area contributed by atoms with E-state index in [1.165, 1.54) is 10.4 Å². The standard InChI is InChI=1S/C17H27N3O3S/c1-5-19(6-2)24(22,23)15-8-7-13(3)16(11-15)17(21)20-10-9-18-12-14(20)4/h7-8,11,14,18H,5-6,9-10,12H2,1-4H3/t14-/m1/s1. The highest BCUT2D eigenvalue weighted by Crippen LogP contribution is 2.21. The number of aryl methyl sites for hydroxylation is 1. The molecule has 24 heavy (non-hydrogen) atoms. The van der Waals surface area contributed by atoms with Crippen LogP contribution in [-0.4, -0.2) is 62.3 Å². The number of piperazine rings is 1. The van der Waals surface area contributed by atoms with Gasteiger partial charge in [-0.25, -0.2) is 8.42 Å². The number of carbonyl (C=O) groups excluding carboxylic acids is 1. The summed E-state index contributed by atoms with van der Waals surface area (Å²) >= 11 is 0. The van der Waals surface area contributed by atoms with Crippen molar-refractivity contribution in [3.8, 4) is 0 Å². The minimum atomic E-state index is -3.57. The van der Waals surface area contributed by atoms with Gasteiger partial charge in [-0.3, -0.25) is 4.79 Å². The molecule has 0 aromatic heterocycles. The Bertz CT molecular complexity index is 699. The lowest BCUT2D eigenvalue weighted by atomic mass is 10.1. The van der Waals surface area contributed by atoms with Gasteiger partial charge in [-0.05, 0) is 31.5 Å². The molecule has 0 aliphatic carbocycles. The van der Waals surface area contributed by atoms with E-state index in [2.05, 4.69) is 5.32 Å². The maximum absolute atomic E-state index is 12.9. The van der Waals surface area contributed by atoms with Gasteiger partial charge in [0.2, 0.25) is 10.0 Å². The molecular formula is C17H27N3O3S. The third-order valence-corrected chi connectivity index (χ3v) is 6.59. The van der Waals surface area contributed by atoms with Crippen LogP contribution in [0, 0.1) is 6.92 Å². The largest absolute Gasteiger partial charge is 0.333 e. The molecule has 134 valence electrons. The van der Waals surface area contributed by atoms with Crippen LogP contribution in [0.2, 0.25) is 0 Å². The Hall–Kier alpha value is -1.44. The maximum Gasteiger partial charge on any atom is 0.254 e. The number of hydrogen-bond donors (Lipinski definition) is 1. The Kier molecular flexibility index (Phi) is 6.01. The summed E-state index contributed by atoms with van der Waals surface area (Å²) in [5, 5.41) is 3.25. The predicted molar refractivity (Wildman–Crippen MR) is 94.7 cm³/mol. The fourth-order valence-electron chi connectivity index (χ4n) is 3.00. The van der Waals surface area contributed by atoms with Crippen molar-refractivity contribution in [3.63, 3.8) is 0 Å². The molecule has 0 saturated carbocycles. The molecular weight excluding hydrogens is 326 g/mol. The van der Waals surface area contributed by atoms with Crippen LogP contribution in [0.15, 0.2) is 23.1 Å². The molecule has 0 spiro atoms. The zero-order valence-electron chi connectivity index (χ0n) is 14.9. The molecule has 2 rings (SSSR count). The molecule has 1 aliphatic rings. The first-order chi connectivity index (χ1) is 11.3. The van der Waals surface area contributed by atoms with E-state index in [4.69, 9.17) is 0 Å². The van der Waals surface area contributed by atoms with Crippen LogP contribution < -0.4 is 5.32 Å². The number of benzene rings is 1. The van der Waals surface area contributed by atoms with E-state index in [0.717, 1.165) is 18.7 Å². The third kappa shape index (κ3) is 3.63. The Morgan fingerprint density at radius 2 is 2.00 bits per heavy atom. The number of sulfonamides is 1. The molecule has 7 heteroatoms. The Balaban J connectivity index is 2.40. The minimum Gasteiger partial charge on any atom is -0.333 e. The number of rotatable bonds is 5. The van der Waals surface area contributed by atoms with Crippen LogP contribution in [0.1, 0.15) is 36.7 Å². The van der Waals surface area contributed by atoms with Gasteiger partial charge in [0.25, 0.3) is 5.91 Å². The van der Waals surface area contributed by atoms with Crippen LogP contribution in [0.3, 0.4) is 0 Å². The third-order valence-electron chi connectivity index (χ3n) is 4.54. The molecule has 1 N–H and O–H groups in total. The Morgan fingerprint density at radius 3 is 2.58 bits per heavy atom. The summed E-state index contributed by atoms with van der Waals surface area (Å²) in [4.78, 5) is 14.9. The molecule has 1 amide bonds. The number of carbonyl (C=O) groups is 1. The van der Waals surface area contributed by atoms with E-state index < -0.39 is 10.0 Å². The second kappa shape index (κ2) is 7.63. The van der Waals surface area contributed by atoms with Crippen molar-refractivity contribution in [2.24, 2.45) is 0 Å². The van der Waals surface area contributed by atoms with Crippen molar-refractivity contribution in [1.82, 2.24) is 14.5 Å². The first-order valence-electron chi connectivity index (χ1n) is 8.45. The van der Waals surface area contributed by atoms with Gasteiger partial charge in [0, 0.05) is 44.3 Å². The average molecular weight is 353 g/mol. The smallest absolute Gasteiger partial charge is 0.254 e. The highest BCUT2D eigenvalue weighted by molar-refractivity contribution is 7.89. The molecule has 1 fully saturated rings. The van der Waals surface area contributed by atoms with E-state index in [-0.39, 0.29) is 16.8 Å². The summed E-state index contributed by atoms with van der Waals surface area (Å²) in [6.45, 7) is 10.4. The molecule has 0 unspecified atom stereocenters. The summed E-state index contributed by atoms with van der Waals surface area (Å²) in [5.41, 5.74) is 1.27. The fourth-order valence-corrected chi connectivity index (χ4v) is 4.49. The lowest BCUT2D eigenvalue weighted by Gasteiger charge is -2.34. The van der Waals surface area contributed by atoms with Crippen molar-refractivity contribution in [1.29, 1.82) is 0 Å². The van der Waals surface area contributed by atoms with Gasteiger partial charge < -0.3 is 10.2 Å². The van der Waals surface area contributed by atoms with Gasteiger partial charge in [-0.2, -0.15) is 4.31 Å². The van der Waals surface area contributed by atoms with Crippen molar-refractivity contribution < 1.29 is 13.2 Å². The molecule has 1 heterocycles. The number of amides is 1. The lowest BCUT2D eigenvalue weighted by Crippen LogP contribution is -2.52. The minimum absolute atomic E-state index is 0.0914.